The number of hydrogen-bond acceptors (Lipinski definition) is 4. The van der Waals surface area contributed by atoms with Gasteiger partial charge in [-0.25, -0.2) is 4.98 Å². The Morgan fingerprint density at radius 1 is 1.40 bits per heavy atom. The summed E-state index contributed by atoms with van der Waals surface area (Å²) in [5, 5.41) is 3.18. The Morgan fingerprint density at radius 3 is 3.07 bits per heavy atom. The first kappa shape index (κ1) is 9.12. The van der Waals surface area contributed by atoms with Crippen LogP contribution in [0.3, 0.4) is 0 Å². The molecular weight excluding hydrogens is 208 g/mol. The van der Waals surface area contributed by atoms with E-state index in [9.17, 15) is 0 Å². The molecule has 2 aromatic rings. The number of aromatic nitrogens is 1. The molecule has 1 aliphatic carbocycles. The summed E-state index contributed by atoms with van der Waals surface area (Å²) in [4.78, 5) is 4.27. The lowest BCUT2D eigenvalue weighted by atomic mass is 9.90. The van der Waals surface area contributed by atoms with Gasteiger partial charge in [0.1, 0.15) is 6.10 Å². The summed E-state index contributed by atoms with van der Waals surface area (Å²) in [6.07, 6.45) is 3.95. The summed E-state index contributed by atoms with van der Waals surface area (Å²) < 4.78 is 7.03. The molecule has 0 spiro atoms. The molecular formula is C11H12N2OS. The number of pyridine rings is 1. The zero-order valence-corrected chi connectivity index (χ0v) is 9.04. The van der Waals surface area contributed by atoms with Crippen molar-refractivity contribution in [1.82, 2.24) is 4.98 Å². The van der Waals surface area contributed by atoms with Gasteiger partial charge in [-0.05, 0) is 30.4 Å². The molecule has 0 unspecified atom stereocenters. The van der Waals surface area contributed by atoms with Crippen LogP contribution in [0.4, 0.5) is 0 Å². The number of fused-ring (bicyclic) bond motifs is 1. The molecule has 0 aromatic carbocycles. The summed E-state index contributed by atoms with van der Waals surface area (Å²) in [5.41, 5.74) is 5.72. The first-order valence-electron chi connectivity index (χ1n) is 5.07. The van der Waals surface area contributed by atoms with Crippen LogP contribution in [0.2, 0.25) is 0 Å². The van der Waals surface area contributed by atoms with Crippen molar-refractivity contribution in [1.29, 1.82) is 0 Å². The fraction of sp³-hybridized carbons (Fsp3) is 0.364. The summed E-state index contributed by atoms with van der Waals surface area (Å²) >= 11 is 1.71. The zero-order valence-electron chi connectivity index (χ0n) is 8.22. The van der Waals surface area contributed by atoms with Crippen LogP contribution >= 0.6 is 11.3 Å². The molecule has 0 bridgehead atoms. The molecule has 1 fully saturated rings. The highest BCUT2D eigenvalue weighted by Crippen LogP contribution is 2.31. The molecule has 2 N–H and O–H groups in total. The third-order valence-electron chi connectivity index (χ3n) is 2.75. The Bertz CT molecular complexity index is 476. The van der Waals surface area contributed by atoms with E-state index in [4.69, 9.17) is 10.5 Å². The first-order valence-corrected chi connectivity index (χ1v) is 5.95. The minimum absolute atomic E-state index is 0.262. The van der Waals surface area contributed by atoms with Crippen LogP contribution in [0.25, 0.3) is 10.1 Å². The Labute approximate surface area is 91.9 Å². The Kier molecular flexibility index (Phi) is 2.11. The molecule has 0 amide bonds. The number of nitrogens with two attached hydrogens (primary N) is 1. The lowest BCUT2D eigenvalue weighted by Crippen LogP contribution is -2.43. The van der Waals surface area contributed by atoms with Crippen molar-refractivity contribution in [3.8, 4) is 5.88 Å². The average Bonchev–Trinajstić information content (AvgIpc) is 2.64. The van der Waals surface area contributed by atoms with Gasteiger partial charge in [-0.15, -0.1) is 11.3 Å². The lowest BCUT2D eigenvalue weighted by Gasteiger charge is -2.32. The number of hydrogen-bond donors (Lipinski definition) is 1. The topological polar surface area (TPSA) is 48.1 Å². The Hall–Kier alpha value is -1.13. The molecule has 1 saturated carbocycles. The molecule has 0 radical (unpaired) electrons. The van der Waals surface area contributed by atoms with Crippen molar-refractivity contribution < 1.29 is 4.74 Å². The molecule has 4 heteroatoms. The molecule has 15 heavy (non-hydrogen) atoms. The second kappa shape index (κ2) is 3.47. The molecule has 2 heterocycles. The van der Waals surface area contributed by atoms with Gasteiger partial charge < -0.3 is 10.5 Å². The highest BCUT2D eigenvalue weighted by Gasteiger charge is 2.28. The van der Waals surface area contributed by atoms with E-state index in [1.807, 2.05) is 6.07 Å². The van der Waals surface area contributed by atoms with Crippen molar-refractivity contribution in [2.75, 3.05) is 0 Å². The third-order valence-corrected chi connectivity index (χ3v) is 3.63. The van der Waals surface area contributed by atoms with Crippen LogP contribution in [-0.4, -0.2) is 17.1 Å². The maximum Gasteiger partial charge on any atom is 0.222 e. The number of ether oxygens (including phenoxy) is 1. The van der Waals surface area contributed by atoms with Crippen molar-refractivity contribution >= 4 is 21.4 Å². The number of rotatable bonds is 2. The standard InChI is InChI=1S/C11H12N2OS/c12-7-5-8(6-7)14-11-9-2-4-15-10(9)1-3-13-11/h1-4,7-8H,5-6,12H2. The molecule has 2 aromatic heterocycles. The third kappa shape index (κ3) is 1.60. The molecule has 3 rings (SSSR count). The quantitative estimate of drug-likeness (QED) is 0.843. The molecule has 3 nitrogen and oxygen atoms in total. The second-order valence-electron chi connectivity index (χ2n) is 3.92. The summed E-state index contributed by atoms with van der Waals surface area (Å²) in [6.45, 7) is 0. The molecule has 1 aliphatic rings. The van der Waals surface area contributed by atoms with Gasteiger partial charge in [0.2, 0.25) is 5.88 Å². The van der Waals surface area contributed by atoms with E-state index < -0.39 is 0 Å². The van der Waals surface area contributed by atoms with E-state index in [-0.39, 0.29) is 6.10 Å². The van der Waals surface area contributed by atoms with E-state index in [0.29, 0.717) is 6.04 Å². The van der Waals surface area contributed by atoms with Crippen molar-refractivity contribution in [2.24, 2.45) is 5.73 Å². The van der Waals surface area contributed by atoms with Crippen LogP contribution in [0.5, 0.6) is 5.88 Å². The minimum atomic E-state index is 0.262. The minimum Gasteiger partial charge on any atom is -0.474 e. The van der Waals surface area contributed by atoms with Gasteiger partial charge in [0, 0.05) is 16.9 Å². The monoisotopic (exact) mass is 220 g/mol. The highest BCUT2D eigenvalue weighted by molar-refractivity contribution is 7.17. The van der Waals surface area contributed by atoms with E-state index >= 15 is 0 Å². The summed E-state index contributed by atoms with van der Waals surface area (Å²) in [5.74, 6) is 0.755. The Morgan fingerprint density at radius 2 is 2.27 bits per heavy atom. The predicted octanol–water partition coefficient (Wildman–Crippen LogP) is 2.16. The maximum absolute atomic E-state index is 5.81. The van der Waals surface area contributed by atoms with Crippen LogP contribution in [0, 0.1) is 0 Å². The molecule has 0 aliphatic heterocycles. The van der Waals surface area contributed by atoms with Crippen molar-refractivity contribution in [2.45, 2.75) is 25.0 Å². The number of thiophene rings is 1. The summed E-state index contributed by atoms with van der Waals surface area (Å²) in [6, 6.07) is 4.39. The fourth-order valence-corrected chi connectivity index (χ4v) is 2.60. The van der Waals surface area contributed by atoms with E-state index in [1.165, 1.54) is 4.70 Å². The first-order chi connectivity index (χ1) is 7.33. The van der Waals surface area contributed by atoms with E-state index in [1.54, 1.807) is 17.5 Å². The van der Waals surface area contributed by atoms with Gasteiger partial charge in [-0.1, -0.05) is 0 Å². The zero-order chi connectivity index (χ0) is 10.3. The average molecular weight is 220 g/mol. The van der Waals surface area contributed by atoms with Crippen LogP contribution in [0.1, 0.15) is 12.8 Å². The van der Waals surface area contributed by atoms with Gasteiger partial charge >= 0.3 is 0 Å². The number of nitrogens with zero attached hydrogens (tertiary/aromatic N) is 1. The molecule has 78 valence electrons. The molecule has 0 saturated heterocycles. The van der Waals surface area contributed by atoms with Gasteiger partial charge in [0.25, 0.3) is 0 Å². The lowest BCUT2D eigenvalue weighted by molar-refractivity contribution is 0.0977. The van der Waals surface area contributed by atoms with Crippen LogP contribution in [-0.2, 0) is 0 Å². The predicted molar refractivity (Wildman–Crippen MR) is 61.2 cm³/mol. The highest BCUT2D eigenvalue weighted by atomic mass is 32.1. The van der Waals surface area contributed by atoms with Crippen LogP contribution < -0.4 is 10.5 Å². The van der Waals surface area contributed by atoms with E-state index in [0.717, 1.165) is 24.1 Å². The fourth-order valence-electron chi connectivity index (χ4n) is 1.82. The summed E-state index contributed by atoms with van der Waals surface area (Å²) in [7, 11) is 0. The Balaban J connectivity index is 1.87. The van der Waals surface area contributed by atoms with E-state index in [2.05, 4.69) is 16.4 Å². The normalized spacial score (nSPS) is 25.1. The van der Waals surface area contributed by atoms with Crippen molar-refractivity contribution in [3.63, 3.8) is 0 Å². The van der Waals surface area contributed by atoms with Gasteiger partial charge in [-0.3, -0.25) is 0 Å². The van der Waals surface area contributed by atoms with Gasteiger partial charge in [-0.2, -0.15) is 0 Å². The maximum atomic E-state index is 5.81. The van der Waals surface area contributed by atoms with Crippen LogP contribution in [0.15, 0.2) is 23.7 Å². The van der Waals surface area contributed by atoms with Crippen molar-refractivity contribution in [3.05, 3.63) is 23.7 Å². The second-order valence-corrected chi connectivity index (χ2v) is 4.87. The smallest absolute Gasteiger partial charge is 0.222 e. The SMILES string of the molecule is NC1CC(Oc2nccc3sccc23)C1. The molecule has 0 atom stereocenters. The van der Waals surface area contributed by atoms with Gasteiger partial charge in [0.05, 0.1) is 5.39 Å². The van der Waals surface area contributed by atoms with Gasteiger partial charge in [0.15, 0.2) is 0 Å². The largest absolute Gasteiger partial charge is 0.474 e.